The number of ether oxygens (including phenoxy) is 2. The first-order chi connectivity index (χ1) is 11.8. The molecule has 1 rings (SSSR count). The molecule has 1 aromatic rings. The molecule has 2 N–H and O–H groups in total. The van der Waals surface area contributed by atoms with Crippen LogP contribution in [-0.4, -0.2) is 48.8 Å². The largest absolute Gasteiger partial charge is 0.460 e. The molecule has 0 bridgehead atoms. The SMILES string of the molecule is CC(=O)Nc1ccc(/C=C/C(=O)OCCOCCNC(C)(C)C)cn1. The van der Waals surface area contributed by atoms with Gasteiger partial charge in [0.15, 0.2) is 0 Å². The molecule has 0 aliphatic heterocycles. The third-order valence-electron chi connectivity index (χ3n) is 2.88. The molecular weight excluding hydrogens is 322 g/mol. The number of pyridine rings is 1. The Morgan fingerprint density at radius 2 is 1.96 bits per heavy atom. The summed E-state index contributed by atoms with van der Waals surface area (Å²) in [7, 11) is 0. The Balaban J connectivity index is 2.19. The van der Waals surface area contributed by atoms with Crippen molar-refractivity contribution in [3.8, 4) is 0 Å². The third-order valence-corrected chi connectivity index (χ3v) is 2.88. The third kappa shape index (κ3) is 11.0. The summed E-state index contributed by atoms with van der Waals surface area (Å²) >= 11 is 0. The van der Waals surface area contributed by atoms with Gasteiger partial charge in [-0.15, -0.1) is 0 Å². The Labute approximate surface area is 148 Å². The van der Waals surface area contributed by atoms with Gasteiger partial charge in [-0.3, -0.25) is 4.79 Å². The first kappa shape index (κ1) is 20.8. The standard InChI is InChI=1S/C18H27N3O4/c1-14(22)21-16-7-5-15(13-19-16)6-8-17(23)25-12-11-24-10-9-20-18(2,3)4/h5-8,13,20H,9-12H2,1-4H3,(H,19,21,22)/b8-6+. The quantitative estimate of drug-likeness (QED) is 0.403. The van der Waals surface area contributed by atoms with E-state index in [4.69, 9.17) is 9.47 Å². The van der Waals surface area contributed by atoms with Gasteiger partial charge in [-0.05, 0) is 44.5 Å². The summed E-state index contributed by atoms with van der Waals surface area (Å²) in [5.41, 5.74) is 0.797. The number of nitrogens with one attached hydrogen (secondary N) is 2. The zero-order valence-electron chi connectivity index (χ0n) is 15.3. The van der Waals surface area contributed by atoms with Crippen molar-refractivity contribution in [3.63, 3.8) is 0 Å². The number of anilines is 1. The fraction of sp³-hybridized carbons (Fsp3) is 0.500. The second kappa shape index (κ2) is 10.6. The molecule has 1 aromatic heterocycles. The Kier molecular flexibility index (Phi) is 8.80. The fourth-order valence-electron chi connectivity index (χ4n) is 1.77. The summed E-state index contributed by atoms with van der Waals surface area (Å²) in [5.74, 6) is -0.163. The van der Waals surface area contributed by atoms with Crippen LogP contribution in [0.3, 0.4) is 0 Å². The number of rotatable bonds is 9. The van der Waals surface area contributed by atoms with Gasteiger partial charge < -0.3 is 20.1 Å². The first-order valence-corrected chi connectivity index (χ1v) is 8.17. The highest BCUT2D eigenvalue weighted by molar-refractivity contribution is 5.88. The van der Waals surface area contributed by atoms with Gasteiger partial charge in [0, 0.05) is 31.3 Å². The molecule has 0 unspecified atom stereocenters. The van der Waals surface area contributed by atoms with E-state index < -0.39 is 5.97 Å². The summed E-state index contributed by atoms with van der Waals surface area (Å²) in [6.45, 7) is 9.56. The van der Waals surface area contributed by atoms with Crippen LogP contribution in [0.2, 0.25) is 0 Å². The first-order valence-electron chi connectivity index (χ1n) is 8.17. The maximum Gasteiger partial charge on any atom is 0.330 e. The molecule has 7 nitrogen and oxygen atoms in total. The topological polar surface area (TPSA) is 89.6 Å². The Morgan fingerprint density at radius 3 is 2.56 bits per heavy atom. The normalized spacial score (nSPS) is 11.5. The van der Waals surface area contributed by atoms with Crippen LogP contribution in [0, 0.1) is 0 Å². The van der Waals surface area contributed by atoms with Crippen LogP contribution < -0.4 is 10.6 Å². The minimum atomic E-state index is -0.442. The molecule has 0 fully saturated rings. The molecule has 1 heterocycles. The minimum absolute atomic E-state index is 0.0653. The van der Waals surface area contributed by atoms with Gasteiger partial charge in [-0.2, -0.15) is 0 Å². The summed E-state index contributed by atoms with van der Waals surface area (Å²) in [4.78, 5) is 26.6. The lowest BCUT2D eigenvalue weighted by Crippen LogP contribution is -2.38. The Hall–Kier alpha value is -2.25. The van der Waals surface area contributed by atoms with E-state index in [0.717, 1.165) is 12.1 Å². The van der Waals surface area contributed by atoms with Gasteiger partial charge in [-0.25, -0.2) is 9.78 Å². The summed E-state index contributed by atoms with van der Waals surface area (Å²) in [6.07, 6.45) is 4.48. The van der Waals surface area contributed by atoms with Crippen molar-refractivity contribution in [2.45, 2.75) is 33.2 Å². The molecule has 0 aliphatic carbocycles. The van der Waals surface area contributed by atoms with Crippen LogP contribution in [0.4, 0.5) is 5.82 Å². The van der Waals surface area contributed by atoms with Crippen LogP contribution in [-0.2, 0) is 19.1 Å². The maximum absolute atomic E-state index is 11.6. The molecule has 0 aromatic carbocycles. The van der Waals surface area contributed by atoms with Gasteiger partial charge >= 0.3 is 5.97 Å². The summed E-state index contributed by atoms with van der Waals surface area (Å²) in [6, 6.07) is 3.40. The van der Waals surface area contributed by atoms with E-state index in [2.05, 4.69) is 36.4 Å². The number of amides is 1. The zero-order valence-corrected chi connectivity index (χ0v) is 15.3. The van der Waals surface area contributed by atoms with Gasteiger partial charge in [0.05, 0.1) is 13.2 Å². The van der Waals surface area contributed by atoms with Gasteiger partial charge in [0.2, 0.25) is 5.91 Å². The molecule has 25 heavy (non-hydrogen) atoms. The van der Waals surface area contributed by atoms with Crippen molar-refractivity contribution in [1.29, 1.82) is 0 Å². The van der Waals surface area contributed by atoms with Crippen LogP contribution in [0.1, 0.15) is 33.3 Å². The average molecular weight is 349 g/mol. The van der Waals surface area contributed by atoms with Crippen molar-refractivity contribution in [1.82, 2.24) is 10.3 Å². The molecule has 0 saturated carbocycles. The molecular formula is C18H27N3O4. The lowest BCUT2D eigenvalue weighted by molar-refractivity contribution is -0.139. The maximum atomic E-state index is 11.6. The van der Waals surface area contributed by atoms with Crippen LogP contribution in [0.25, 0.3) is 6.08 Å². The zero-order chi connectivity index (χ0) is 18.7. The molecule has 0 spiro atoms. The molecule has 0 aliphatic rings. The van der Waals surface area contributed by atoms with E-state index in [0.29, 0.717) is 19.0 Å². The van der Waals surface area contributed by atoms with E-state index in [1.54, 1.807) is 24.4 Å². The van der Waals surface area contributed by atoms with E-state index >= 15 is 0 Å². The molecule has 0 atom stereocenters. The van der Waals surface area contributed by atoms with E-state index in [1.807, 2.05) is 0 Å². The highest BCUT2D eigenvalue weighted by atomic mass is 16.6. The van der Waals surface area contributed by atoms with E-state index in [1.165, 1.54) is 13.0 Å². The lowest BCUT2D eigenvalue weighted by atomic mass is 10.1. The molecule has 0 saturated heterocycles. The number of hydrogen-bond donors (Lipinski definition) is 2. The second-order valence-electron chi connectivity index (χ2n) is 6.45. The van der Waals surface area contributed by atoms with Crippen molar-refractivity contribution < 1.29 is 19.1 Å². The lowest BCUT2D eigenvalue weighted by Gasteiger charge is -2.20. The van der Waals surface area contributed by atoms with E-state index in [-0.39, 0.29) is 18.1 Å². The molecule has 1 amide bonds. The Morgan fingerprint density at radius 1 is 1.20 bits per heavy atom. The Bertz CT molecular complexity index is 577. The highest BCUT2D eigenvalue weighted by Crippen LogP contribution is 2.06. The number of nitrogens with zero attached hydrogens (tertiary/aromatic N) is 1. The average Bonchev–Trinajstić information content (AvgIpc) is 2.51. The number of aromatic nitrogens is 1. The number of carbonyl (C=O) groups excluding carboxylic acids is 2. The van der Waals surface area contributed by atoms with Crippen molar-refractivity contribution in [2.24, 2.45) is 0 Å². The van der Waals surface area contributed by atoms with Gasteiger partial charge in [0.25, 0.3) is 0 Å². The van der Waals surface area contributed by atoms with Crippen LogP contribution in [0.5, 0.6) is 0 Å². The van der Waals surface area contributed by atoms with Crippen molar-refractivity contribution in [2.75, 3.05) is 31.7 Å². The number of carbonyl (C=O) groups is 2. The summed E-state index contributed by atoms with van der Waals surface area (Å²) in [5, 5.41) is 5.87. The smallest absolute Gasteiger partial charge is 0.330 e. The van der Waals surface area contributed by atoms with Gasteiger partial charge in [-0.1, -0.05) is 0 Å². The summed E-state index contributed by atoms with van der Waals surface area (Å²) < 4.78 is 10.4. The van der Waals surface area contributed by atoms with Crippen LogP contribution in [0.15, 0.2) is 24.4 Å². The van der Waals surface area contributed by atoms with Crippen LogP contribution >= 0.6 is 0 Å². The van der Waals surface area contributed by atoms with E-state index in [9.17, 15) is 9.59 Å². The van der Waals surface area contributed by atoms with Crippen molar-refractivity contribution >= 4 is 23.8 Å². The van der Waals surface area contributed by atoms with Gasteiger partial charge in [0.1, 0.15) is 12.4 Å². The number of esters is 1. The predicted octanol–water partition coefficient (Wildman–Crippen LogP) is 2.00. The highest BCUT2D eigenvalue weighted by Gasteiger charge is 2.07. The second-order valence-corrected chi connectivity index (χ2v) is 6.45. The molecule has 0 radical (unpaired) electrons. The number of hydrogen-bond acceptors (Lipinski definition) is 6. The fourth-order valence-corrected chi connectivity index (χ4v) is 1.77. The van der Waals surface area contributed by atoms with Crippen molar-refractivity contribution in [3.05, 3.63) is 30.0 Å². The molecule has 7 heteroatoms. The predicted molar refractivity (Wildman–Crippen MR) is 97.1 cm³/mol. The molecule has 138 valence electrons. The monoisotopic (exact) mass is 349 g/mol. The minimum Gasteiger partial charge on any atom is -0.460 e.